The molecule has 4 rings (SSSR count). The number of rotatable bonds is 7. The van der Waals surface area contributed by atoms with E-state index < -0.39 is 22.0 Å². The number of nitro benzene ring substituents is 1. The Morgan fingerprint density at radius 2 is 1.91 bits per heavy atom. The maximum atomic E-state index is 13.1. The van der Waals surface area contributed by atoms with Crippen molar-refractivity contribution in [2.75, 3.05) is 0 Å². The number of halogens is 1. The summed E-state index contributed by atoms with van der Waals surface area (Å²) in [5.74, 6) is 0.0255. The number of unbranched alkanes of at least 4 members (excludes halogenated alkanes) is 1. The minimum absolute atomic E-state index is 0.0353. The molecule has 170 valence electrons. The second-order valence-corrected chi connectivity index (χ2v) is 7.43. The summed E-state index contributed by atoms with van der Waals surface area (Å²) in [7, 11) is 1.60. The molecule has 0 aliphatic carbocycles. The molecule has 2 aromatic carbocycles. The highest BCUT2D eigenvalue weighted by molar-refractivity contribution is 5.78. The lowest BCUT2D eigenvalue weighted by atomic mass is 10.1. The van der Waals surface area contributed by atoms with Gasteiger partial charge in [-0.3, -0.25) is 24.5 Å². The summed E-state index contributed by atoms with van der Waals surface area (Å²) in [6.07, 6.45) is 1.56. The first-order chi connectivity index (χ1) is 15.8. The normalized spacial score (nSPS) is 11.1. The summed E-state index contributed by atoms with van der Waals surface area (Å²) in [4.78, 5) is 42.7. The minimum Gasteiger partial charge on any atom is -0.450 e. The van der Waals surface area contributed by atoms with Crippen molar-refractivity contribution in [1.82, 2.24) is 19.1 Å². The third-order valence-electron chi connectivity index (χ3n) is 5.20. The first-order valence-electron chi connectivity index (χ1n) is 10.2. The van der Waals surface area contributed by atoms with Crippen LogP contribution in [-0.2, 0) is 13.6 Å². The topological polar surface area (TPSA) is 125 Å². The van der Waals surface area contributed by atoms with Gasteiger partial charge in [0.05, 0.1) is 4.92 Å². The summed E-state index contributed by atoms with van der Waals surface area (Å²) in [6, 6.07) is 9.35. The van der Waals surface area contributed by atoms with Gasteiger partial charge in [-0.1, -0.05) is 13.3 Å². The number of nitro groups is 1. The average molecular weight is 453 g/mol. The number of benzene rings is 2. The van der Waals surface area contributed by atoms with E-state index in [2.05, 4.69) is 9.97 Å². The number of nitrogens with one attached hydrogen (secondary N) is 1. The molecule has 0 spiro atoms. The van der Waals surface area contributed by atoms with E-state index in [0.717, 1.165) is 6.42 Å². The van der Waals surface area contributed by atoms with Gasteiger partial charge in [-0.15, -0.1) is 0 Å². The summed E-state index contributed by atoms with van der Waals surface area (Å²) >= 11 is 0. The number of aromatic nitrogens is 4. The lowest BCUT2D eigenvalue weighted by Crippen LogP contribution is -2.31. The van der Waals surface area contributed by atoms with Gasteiger partial charge < -0.3 is 9.30 Å². The summed E-state index contributed by atoms with van der Waals surface area (Å²) in [5, 5.41) is 11.7. The maximum Gasteiger partial charge on any atom is 0.330 e. The molecule has 0 aliphatic heterocycles. The number of aryl methyl sites for hydroxylation is 2. The molecule has 0 bridgehead atoms. The van der Waals surface area contributed by atoms with Crippen LogP contribution in [0.25, 0.3) is 22.6 Å². The van der Waals surface area contributed by atoms with Gasteiger partial charge in [0, 0.05) is 25.2 Å². The smallest absolute Gasteiger partial charge is 0.330 e. The molecule has 33 heavy (non-hydrogen) atoms. The molecule has 0 atom stereocenters. The fourth-order valence-corrected chi connectivity index (χ4v) is 3.54. The van der Waals surface area contributed by atoms with Crippen LogP contribution < -0.4 is 16.0 Å². The number of hydrogen-bond donors (Lipinski definition) is 1. The molecule has 2 heterocycles. The van der Waals surface area contributed by atoms with Gasteiger partial charge >= 0.3 is 11.4 Å². The third kappa shape index (κ3) is 4.12. The molecule has 2 aromatic heterocycles. The molecular formula is C22H20FN5O5. The average Bonchev–Trinajstić information content (AvgIpc) is 3.13. The summed E-state index contributed by atoms with van der Waals surface area (Å²) in [5.41, 5.74) is -0.713. The number of imidazole rings is 1. The van der Waals surface area contributed by atoms with Crippen molar-refractivity contribution in [2.45, 2.75) is 26.3 Å². The minimum atomic E-state index is -0.602. The molecule has 0 unspecified atom stereocenters. The first kappa shape index (κ1) is 21.9. The van der Waals surface area contributed by atoms with Gasteiger partial charge in [0.2, 0.25) is 5.75 Å². The molecule has 0 fully saturated rings. The van der Waals surface area contributed by atoms with Crippen molar-refractivity contribution in [3.05, 3.63) is 79.2 Å². The Balaban J connectivity index is 1.83. The van der Waals surface area contributed by atoms with Crippen LogP contribution >= 0.6 is 0 Å². The van der Waals surface area contributed by atoms with Gasteiger partial charge in [-0.05, 0) is 42.8 Å². The highest BCUT2D eigenvalue weighted by Gasteiger charge is 2.22. The van der Waals surface area contributed by atoms with Gasteiger partial charge in [-0.25, -0.2) is 14.2 Å². The van der Waals surface area contributed by atoms with Crippen LogP contribution in [0.4, 0.5) is 10.1 Å². The largest absolute Gasteiger partial charge is 0.450 e. The van der Waals surface area contributed by atoms with Crippen molar-refractivity contribution in [3.8, 4) is 22.9 Å². The van der Waals surface area contributed by atoms with Crippen molar-refractivity contribution >= 4 is 16.9 Å². The standard InChI is InChI=1S/C22H20FN5O5/c1-3-4-11-27-20-18(21(29)25-22(27)30)26(2)19(24-20)13-5-10-17(16(12-13)28(31)32)33-15-8-6-14(23)7-9-15/h5-10,12H,3-4,11H2,1-2H3,(H,25,29,30). The molecule has 0 aliphatic rings. The number of aromatic amines is 1. The van der Waals surface area contributed by atoms with Crippen LogP contribution in [0.3, 0.4) is 0 Å². The Morgan fingerprint density at radius 1 is 1.18 bits per heavy atom. The molecule has 4 aromatic rings. The van der Waals surface area contributed by atoms with E-state index in [1.165, 1.54) is 45.5 Å². The predicted octanol–water partition coefficient (Wildman–Crippen LogP) is 3.73. The van der Waals surface area contributed by atoms with E-state index in [0.29, 0.717) is 18.5 Å². The van der Waals surface area contributed by atoms with Crippen molar-refractivity contribution in [2.24, 2.45) is 7.05 Å². The highest BCUT2D eigenvalue weighted by atomic mass is 19.1. The third-order valence-corrected chi connectivity index (χ3v) is 5.20. The second-order valence-electron chi connectivity index (χ2n) is 7.43. The molecule has 0 saturated carbocycles. The summed E-state index contributed by atoms with van der Waals surface area (Å²) in [6.45, 7) is 2.36. The van der Waals surface area contributed by atoms with Crippen molar-refractivity contribution < 1.29 is 14.1 Å². The monoisotopic (exact) mass is 453 g/mol. The summed E-state index contributed by atoms with van der Waals surface area (Å²) < 4.78 is 21.6. The van der Waals surface area contributed by atoms with Gasteiger partial charge in [-0.2, -0.15) is 0 Å². The van der Waals surface area contributed by atoms with Crippen molar-refractivity contribution in [1.29, 1.82) is 0 Å². The van der Waals surface area contributed by atoms with E-state index in [9.17, 15) is 24.1 Å². The Morgan fingerprint density at radius 3 is 2.58 bits per heavy atom. The SMILES string of the molecule is CCCCn1c(=O)[nH]c(=O)c2c1nc(-c1ccc(Oc3ccc(F)cc3)c([N+](=O)[O-])c1)n2C. The predicted molar refractivity (Wildman–Crippen MR) is 119 cm³/mol. The Labute approximate surface area is 186 Å². The maximum absolute atomic E-state index is 13.1. The molecule has 0 radical (unpaired) electrons. The quantitative estimate of drug-likeness (QED) is 0.336. The van der Waals surface area contributed by atoms with E-state index in [-0.39, 0.29) is 34.2 Å². The highest BCUT2D eigenvalue weighted by Crippen LogP contribution is 2.35. The van der Waals surface area contributed by atoms with Gasteiger partial charge in [0.1, 0.15) is 17.4 Å². The number of H-pyrrole nitrogens is 1. The molecule has 1 N–H and O–H groups in total. The molecule has 0 saturated heterocycles. The van der Waals surface area contributed by atoms with Crippen LogP contribution in [-0.4, -0.2) is 24.0 Å². The first-order valence-corrected chi connectivity index (χ1v) is 10.2. The molecule has 10 nitrogen and oxygen atoms in total. The van der Waals surface area contributed by atoms with Gasteiger partial charge in [0.25, 0.3) is 5.56 Å². The Hall–Kier alpha value is -4.28. The zero-order valence-electron chi connectivity index (χ0n) is 17.9. The zero-order chi connectivity index (χ0) is 23.7. The van der Waals surface area contributed by atoms with E-state index >= 15 is 0 Å². The lowest BCUT2D eigenvalue weighted by Gasteiger charge is -2.08. The van der Waals surface area contributed by atoms with E-state index in [1.807, 2.05) is 6.92 Å². The Bertz CT molecular complexity index is 1470. The van der Waals surface area contributed by atoms with Gasteiger partial charge in [0.15, 0.2) is 11.2 Å². The number of ether oxygens (including phenoxy) is 1. The molecule has 11 heteroatoms. The van der Waals surface area contributed by atoms with Crippen LogP contribution in [0.15, 0.2) is 52.1 Å². The molecular weight excluding hydrogens is 433 g/mol. The van der Waals surface area contributed by atoms with Crippen molar-refractivity contribution in [3.63, 3.8) is 0 Å². The van der Waals surface area contributed by atoms with Crippen LogP contribution in [0.1, 0.15) is 19.8 Å². The number of hydrogen-bond acceptors (Lipinski definition) is 6. The van der Waals surface area contributed by atoms with Crippen LogP contribution in [0.5, 0.6) is 11.5 Å². The molecule has 0 amide bonds. The fourth-order valence-electron chi connectivity index (χ4n) is 3.54. The Kier molecular flexibility index (Phi) is 5.78. The number of nitrogens with zero attached hydrogens (tertiary/aromatic N) is 4. The number of fused-ring (bicyclic) bond motifs is 1. The van der Waals surface area contributed by atoms with Crippen LogP contribution in [0.2, 0.25) is 0 Å². The van der Waals surface area contributed by atoms with E-state index in [4.69, 9.17) is 4.74 Å². The van der Waals surface area contributed by atoms with Crippen LogP contribution in [0, 0.1) is 15.9 Å². The lowest BCUT2D eigenvalue weighted by molar-refractivity contribution is -0.385. The van der Waals surface area contributed by atoms with E-state index in [1.54, 1.807) is 13.1 Å². The fraction of sp³-hybridized carbons (Fsp3) is 0.227. The zero-order valence-corrected chi connectivity index (χ0v) is 17.9. The second kappa shape index (κ2) is 8.69.